The number of methoxy groups -OCH3 is 1. The van der Waals surface area contributed by atoms with Gasteiger partial charge in [0.25, 0.3) is 11.8 Å². The van der Waals surface area contributed by atoms with E-state index in [1.54, 1.807) is 67.8 Å². The van der Waals surface area contributed by atoms with E-state index in [1.165, 1.54) is 18.2 Å². The second kappa shape index (κ2) is 9.62. The summed E-state index contributed by atoms with van der Waals surface area (Å²) >= 11 is 0. The Kier molecular flexibility index (Phi) is 6.45. The van der Waals surface area contributed by atoms with Crippen molar-refractivity contribution < 1.29 is 28.6 Å². The Morgan fingerprint density at radius 3 is 2.12 bits per heavy atom. The molecule has 0 radical (unpaired) electrons. The number of amides is 2. The molecule has 3 aromatic carbocycles. The van der Waals surface area contributed by atoms with Crippen LogP contribution in [0.1, 0.15) is 40.1 Å². The highest BCUT2D eigenvalue weighted by Crippen LogP contribution is 2.30. The molecule has 0 unspecified atom stereocenters. The van der Waals surface area contributed by atoms with E-state index in [0.717, 1.165) is 10.5 Å². The number of ether oxygens (including phenoxy) is 3. The van der Waals surface area contributed by atoms with Gasteiger partial charge in [0, 0.05) is 6.08 Å². The molecular weight excluding hydrogens is 434 g/mol. The van der Waals surface area contributed by atoms with Gasteiger partial charge < -0.3 is 14.2 Å². The fraction of sp³-hybridized carbons (Fsp3) is 0.148. The Bertz CT molecular complexity index is 1240. The van der Waals surface area contributed by atoms with Crippen LogP contribution in [0.4, 0.5) is 5.69 Å². The molecule has 1 aliphatic heterocycles. The molecule has 0 saturated heterocycles. The zero-order valence-corrected chi connectivity index (χ0v) is 19.0. The Morgan fingerprint density at radius 1 is 0.882 bits per heavy atom. The minimum atomic E-state index is -0.574. The number of imide groups is 1. The topological polar surface area (TPSA) is 82.1 Å². The molecular formula is C27H23NO6. The number of fused-ring (bicyclic) bond motifs is 1. The summed E-state index contributed by atoms with van der Waals surface area (Å²) in [6.45, 7) is 3.85. The van der Waals surface area contributed by atoms with E-state index in [2.05, 4.69) is 0 Å². The van der Waals surface area contributed by atoms with Crippen molar-refractivity contribution in [2.24, 2.45) is 0 Å². The Hall–Kier alpha value is -4.39. The van der Waals surface area contributed by atoms with E-state index in [-0.39, 0.29) is 23.7 Å². The van der Waals surface area contributed by atoms with Gasteiger partial charge in [0.1, 0.15) is 5.75 Å². The summed E-state index contributed by atoms with van der Waals surface area (Å²) in [6, 6.07) is 18.2. The highest BCUT2D eigenvalue weighted by atomic mass is 16.5. The average Bonchev–Trinajstić information content (AvgIpc) is 3.09. The van der Waals surface area contributed by atoms with Crippen molar-refractivity contribution in [2.75, 3.05) is 12.0 Å². The summed E-state index contributed by atoms with van der Waals surface area (Å²) in [5.74, 6) is 0.133. The first-order valence-corrected chi connectivity index (χ1v) is 10.7. The quantitative estimate of drug-likeness (QED) is 0.217. The van der Waals surface area contributed by atoms with Crippen LogP contribution >= 0.6 is 0 Å². The minimum absolute atomic E-state index is 0.00805. The molecule has 172 valence electrons. The second-order valence-electron chi connectivity index (χ2n) is 7.82. The van der Waals surface area contributed by atoms with Gasteiger partial charge in [-0.25, -0.2) is 9.69 Å². The first-order chi connectivity index (χ1) is 16.4. The Morgan fingerprint density at radius 2 is 1.53 bits per heavy atom. The van der Waals surface area contributed by atoms with Gasteiger partial charge in [0.15, 0.2) is 11.5 Å². The summed E-state index contributed by atoms with van der Waals surface area (Å²) in [4.78, 5) is 38.6. The largest absolute Gasteiger partial charge is 0.493 e. The van der Waals surface area contributed by atoms with Crippen LogP contribution in [-0.2, 0) is 4.79 Å². The number of hydrogen-bond acceptors (Lipinski definition) is 6. The molecule has 1 heterocycles. The molecule has 2 amide bonds. The van der Waals surface area contributed by atoms with E-state index in [4.69, 9.17) is 14.2 Å². The van der Waals surface area contributed by atoms with Crippen LogP contribution in [0.2, 0.25) is 0 Å². The van der Waals surface area contributed by atoms with Crippen molar-refractivity contribution in [3.05, 3.63) is 89.5 Å². The highest BCUT2D eigenvalue weighted by molar-refractivity contribution is 6.34. The number of benzene rings is 3. The molecule has 1 aliphatic rings. The highest BCUT2D eigenvalue weighted by Gasteiger charge is 2.36. The van der Waals surface area contributed by atoms with Gasteiger partial charge in [-0.1, -0.05) is 18.2 Å². The summed E-state index contributed by atoms with van der Waals surface area (Å²) < 4.78 is 16.4. The summed E-state index contributed by atoms with van der Waals surface area (Å²) in [6.07, 6.45) is 2.92. The predicted octanol–water partition coefficient (Wildman–Crippen LogP) is 4.90. The molecule has 0 atom stereocenters. The number of carbonyl (C=O) groups is 3. The predicted molar refractivity (Wildman–Crippen MR) is 127 cm³/mol. The molecule has 0 N–H and O–H groups in total. The van der Waals surface area contributed by atoms with E-state index in [9.17, 15) is 14.4 Å². The third-order valence-electron chi connectivity index (χ3n) is 5.07. The third kappa shape index (κ3) is 4.68. The maximum absolute atomic E-state index is 12.6. The van der Waals surface area contributed by atoms with E-state index < -0.39 is 5.97 Å². The minimum Gasteiger partial charge on any atom is -0.493 e. The number of carbonyl (C=O) groups excluding carboxylic acids is 3. The first kappa shape index (κ1) is 22.8. The zero-order valence-electron chi connectivity index (χ0n) is 19.0. The lowest BCUT2D eigenvalue weighted by molar-refractivity contribution is -0.128. The van der Waals surface area contributed by atoms with Gasteiger partial charge >= 0.3 is 5.97 Å². The van der Waals surface area contributed by atoms with E-state index in [0.29, 0.717) is 28.3 Å². The molecule has 4 rings (SSSR count). The molecule has 3 aromatic rings. The van der Waals surface area contributed by atoms with Gasteiger partial charge in [0.05, 0.1) is 30.0 Å². The summed E-state index contributed by atoms with van der Waals surface area (Å²) in [5, 5.41) is 0. The molecule has 34 heavy (non-hydrogen) atoms. The van der Waals surface area contributed by atoms with E-state index in [1.807, 2.05) is 13.8 Å². The van der Waals surface area contributed by atoms with Crippen molar-refractivity contribution in [3.8, 4) is 17.2 Å². The molecule has 0 bridgehead atoms. The van der Waals surface area contributed by atoms with Crippen LogP contribution in [0.25, 0.3) is 6.08 Å². The number of rotatable bonds is 7. The van der Waals surface area contributed by atoms with Crippen LogP contribution < -0.4 is 19.1 Å². The smallest absolute Gasteiger partial charge is 0.336 e. The van der Waals surface area contributed by atoms with Gasteiger partial charge in [-0.15, -0.1) is 0 Å². The Labute approximate surface area is 197 Å². The lowest BCUT2D eigenvalue weighted by Crippen LogP contribution is -2.29. The third-order valence-corrected chi connectivity index (χ3v) is 5.07. The van der Waals surface area contributed by atoms with Crippen molar-refractivity contribution in [2.45, 2.75) is 20.0 Å². The molecule has 0 aromatic heterocycles. The van der Waals surface area contributed by atoms with Crippen LogP contribution in [0.5, 0.6) is 17.2 Å². The fourth-order valence-corrected chi connectivity index (χ4v) is 3.54. The molecule has 0 aliphatic carbocycles. The maximum Gasteiger partial charge on any atom is 0.336 e. The van der Waals surface area contributed by atoms with Crippen LogP contribution in [-0.4, -0.2) is 31.0 Å². The summed E-state index contributed by atoms with van der Waals surface area (Å²) in [7, 11) is 1.55. The van der Waals surface area contributed by atoms with Gasteiger partial charge in [-0.2, -0.15) is 0 Å². The maximum atomic E-state index is 12.6. The zero-order chi connectivity index (χ0) is 24.2. The van der Waals surface area contributed by atoms with Gasteiger partial charge in [0.2, 0.25) is 0 Å². The van der Waals surface area contributed by atoms with Gasteiger partial charge in [-0.3, -0.25) is 9.59 Å². The monoisotopic (exact) mass is 457 g/mol. The second-order valence-corrected chi connectivity index (χ2v) is 7.82. The van der Waals surface area contributed by atoms with Crippen molar-refractivity contribution in [1.82, 2.24) is 0 Å². The lowest BCUT2D eigenvalue weighted by Gasteiger charge is -2.14. The lowest BCUT2D eigenvalue weighted by atomic mass is 10.1. The standard InChI is InChI=1S/C27H23NO6/c1-17(2)33-23-14-8-18(16-24(23)32-3)9-15-25(29)34-20-12-10-19(11-13-20)28-26(30)21-6-4-5-7-22(21)27(28)31/h4-17H,1-3H3/b15-9+. The molecule has 0 fully saturated rings. The van der Waals surface area contributed by atoms with Crippen LogP contribution in [0.15, 0.2) is 72.8 Å². The first-order valence-electron chi connectivity index (χ1n) is 10.7. The molecule has 7 nitrogen and oxygen atoms in total. The fourth-order valence-electron chi connectivity index (χ4n) is 3.54. The van der Waals surface area contributed by atoms with Crippen molar-refractivity contribution >= 4 is 29.5 Å². The van der Waals surface area contributed by atoms with Crippen LogP contribution in [0.3, 0.4) is 0 Å². The molecule has 0 spiro atoms. The Balaban J connectivity index is 1.41. The normalized spacial score (nSPS) is 12.9. The number of anilines is 1. The molecule has 7 heteroatoms. The van der Waals surface area contributed by atoms with Gasteiger partial charge in [-0.05, 0) is 74.0 Å². The van der Waals surface area contributed by atoms with Crippen molar-refractivity contribution in [1.29, 1.82) is 0 Å². The van der Waals surface area contributed by atoms with Crippen molar-refractivity contribution in [3.63, 3.8) is 0 Å². The summed E-state index contributed by atoms with van der Waals surface area (Å²) in [5.41, 5.74) is 1.88. The number of nitrogens with zero attached hydrogens (tertiary/aromatic N) is 1. The number of esters is 1. The number of hydrogen-bond donors (Lipinski definition) is 0. The van der Waals surface area contributed by atoms with Crippen LogP contribution in [0, 0.1) is 0 Å². The van der Waals surface area contributed by atoms with E-state index >= 15 is 0 Å². The SMILES string of the molecule is COc1cc(/C=C/C(=O)Oc2ccc(N3C(=O)c4ccccc4C3=O)cc2)ccc1OC(C)C. The average molecular weight is 457 g/mol. The molecule has 0 saturated carbocycles.